The SMILES string of the molecule is COC(=O)c1cccc(-c2ccc(OC)c(F)c2)c1. The Balaban J connectivity index is 2.41. The second-order valence-corrected chi connectivity index (χ2v) is 3.92. The molecule has 0 aliphatic rings. The van der Waals surface area contributed by atoms with Crippen molar-refractivity contribution < 1.29 is 18.7 Å². The maximum atomic E-state index is 13.6. The van der Waals surface area contributed by atoms with Crippen molar-refractivity contribution >= 4 is 5.97 Å². The van der Waals surface area contributed by atoms with Crippen LogP contribution < -0.4 is 4.74 Å². The van der Waals surface area contributed by atoms with Crippen LogP contribution in [0.5, 0.6) is 5.75 Å². The van der Waals surface area contributed by atoms with E-state index in [1.54, 1.807) is 36.4 Å². The molecule has 0 bridgehead atoms. The van der Waals surface area contributed by atoms with E-state index in [1.807, 2.05) is 0 Å². The molecule has 2 aromatic rings. The predicted octanol–water partition coefficient (Wildman–Crippen LogP) is 3.29. The summed E-state index contributed by atoms with van der Waals surface area (Å²) >= 11 is 0. The third kappa shape index (κ3) is 2.73. The summed E-state index contributed by atoms with van der Waals surface area (Å²) in [5.41, 5.74) is 1.84. The van der Waals surface area contributed by atoms with Gasteiger partial charge < -0.3 is 9.47 Å². The summed E-state index contributed by atoms with van der Waals surface area (Å²) in [5.74, 6) is -0.674. The van der Waals surface area contributed by atoms with Gasteiger partial charge in [-0.15, -0.1) is 0 Å². The molecule has 0 spiro atoms. The van der Waals surface area contributed by atoms with Crippen LogP contribution in [0.25, 0.3) is 11.1 Å². The summed E-state index contributed by atoms with van der Waals surface area (Å²) in [6, 6.07) is 11.5. The highest BCUT2D eigenvalue weighted by Gasteiger charge is 2.09. The first kappa shape index (κ1) is 13.1. The molecule has 0 aliphatic heterocycles. The van der Waals surface area contributed by atoms with E-state index < -0.39 is 11.8 Å². The van der Waals surface area contributed by atoms with E-state index >= 15 is 0 Å². The van der Waals surface area contributed by atoms with Crippen LogP contribution in [0.1, 0.15) is 10.4 Å². The van der Waals surface area contributed by atoms with Crippen molar-refractivity contribution in [3.8, 4) is 16.9 Å². The monoisotopic (exact) mass is 260 g/mol. The lowest BCUT2D eigenvalue weighted by molar-refractivity contribution is 0.0601. The highest BCUT2D eigenvalue weighted by Crippen LogP contribution is 2.26. The number of hydrogen-bond donors (Lipinski definition) is 0. The Morgan fingerprint density at radius 1 is 1.05 bits per heavy atom. The molecule has 0 fully saturated rings. The summed E-state index contributed by atoms with van der Waals surface area (Å²) in [6.07, 6.45) is 0. The van der Waals surface area contributed by atoms with Gasteiger partial charge in [-0.05, 0) is 35.4 Å². The van der Waals surface area contributed by atoms with E-state index in [9.17, 15) is 9.18 Å². The second kappa shape index (κ2) is 5.52. The Morgan fingerprint density at radius 3 is 2.42 bits per heavy atom. The Kier molecular flexibility index (Phi) is 3.80. The summed E-state index contributed by atoms with van der Waals surface area (Å²) in [4.78, 5) is 11.4. The number of benzene rings is 2. The molecule has 0 saturated carbocycles. The lowest BCUT2D eigenvalue weighted by atomic mass is 10.0. The van der Waals surface area contributed by atoms with Gasteiger partial charge in [-0.25, -0.2) is 9.18 Å². The molecule has 0 aliphatic carbocycles. The molecule has 0 amide bonds. The molecule has 2 aromatic carbocycles. The van der Waals surface area contributed by atoms with Gasteiger partial charge >= 0.3 is 5.97 Å². The first-order valence-corrected chi connectivity index (χ1v) is 5.68. The minimum absolute atomic E-state index is 0.188. The van der Waals surface area contributed by atoms with Crippen LogP contribution in [0.2, 0.25) is 0 Å². The molecule has 0 aromatic heterocycles. The molecular formula is C15H13FO3. The molecule has 4 heteroatoms. The van der Waals surface area contributed by atoms with E-state index in [0.29, 0.717) is 11.1 Å². The van der Waals surface area contributed by atoms with Crippen molar-refractivity contribution in [2.24, 2.45) is 0 Å². The third-order valence-corrected chi connectivity index (χ3v) is 2.77. The van der Waals surface area contributed by atoms with Gasteiger partial charge in [-0.2, -0.15) is 0 Å². The quantitative estimate of drug-likeness (QED) is 0.794. The highest BCUT2D eigenvalue weighted by molar-refractivity contribution is 5.90. The molecule has 98 valence electrons. The van der Waals surface area contributed by atoms with E-state index in [0.717, 1.165) is 5.56 Å². The van der Waals surface area contributed by atoms with Crippen LogP contribution in [-0.4, -0.2) is 20.2 Å². The first-order chi connectivity index (χ1) is 9.15. The number of rotatable bonds is 3. The lowest BCUT2D eigenvalue weighted by Gasteiger charge is -2.07. The highest BCUT2D eigenvalue weighted by atomic mass is 19.1. The number of hydrogen-bond acceptors (Lipinski definition) is 3. The molecule has 0 N–H and O–H groups in total. The topological polar surface area (TPSA) is 35.5 Å². The average Bonchev–Trinajstić information content (AvgIpc) is 2.46. The van der Waals surface area contributed by atoms with Crippen LogP contribution >= 0.6 is 0 Å². The number of methoxy groups -OCH3 is 2. The van der Waals surface area contributed by atoms with Crippen molar-refractivity contribution in [3.05, 3.63) is 53.8 Å². The van der Waals surface area contributed by atoms with Crippen molar-refractivity contribution in [3.63, 3.8) is 0 Å². The Bertz CT molecular complexity index is 608. The summed E-state index contributed by atoms with van der Waals surface area (Å²) in [6.45, 7) is 0. The van der Waals surface area contributed by atoms with Crippen LogP contribution in [0, 0.1) is 5.82 Å². The molecule has 2 rings (SSSR count). The van der Waals surface area contributed by atoms with Gasteiger partial charge in [0, 0.05) is 0 Å². The molecule has 0 saturated heterocycles. The van der Waals surface area contributed by atoms with Crippen molar-refractivity contribution in [2.75, 3.05) is 14.2 Å². The second-order valence-electron chi connectivity index (χ2n) is 3.92. The van der Waals surface area contributed by atoms with E-state index in [1.165, 1.54) is 20.3 Å². The van der Waals surface area contributed by atoms with Crippen LogP contribution in [0.15, 0.2) is 42.5 Å². The first-order valence-electron chi connectivity index (χ1n) is 5.68. The summed E-state index contributed by atoms with van der Waals surface area (Å²) in [7, 11) is 2.73. The largest absolute Gasteiger partial charge is 0.494 e. The maximum absolute atomic E-state index is 13.6. The molecule has 0 heterocycles. The molecule has 0 radical (unpaired) electrons. The maximum Gasteiger partial charge on any atom is 0.337 e. The number of halogens is 1. The van der Waals surface area contributed by atoms with Gasteiger partial charge in [-0.3, -0.25) is 0 Å². The fraction of sp³-hybridized carbons (Fsp3) is 0.133. The predicted molar refractivity (Wildman–Crippen MR) is 69.7 cm³/mol. The molecule has 0 atom stereocenters. The van der Waals surface area contributed by atoms with Crippen molar-refractivity contribution in [2.45, 2.75) is 0 Å². The van der Waals surface area contributed by atoms with Gasteiger partial charge in [0.25, 0.3) is 0 Å². The van der Waals surface area contributed by atoms with Gasteiger partial charge in [-0.1, -0.05) is 18.2 Å². The van der Waals surface area contributed by atoms with Crippen LogP contribution in [0.4, 0.5) is 4.39 Å². The van der Waals surface area contributed by atoms with Crippen LogP contribution in [-0.2, 0) is 4.74 Å². The van der Waals surface area contributed by atoms with Gasteiger partial charge in [0.1, 0.15) is 0 Å². The lowest BCUT2D eigenvalue weighted by Crippen LogP contribution is -2.00. The van der Waals surface area contributed by atoms with Gasteiger partial charge in [0.2, 0.25) is 0 Å². The Morgan fingerprint density at radius 2 is 1.79 bits per heavy atom. The minimum atomic E-state index is -0.441. The third-order valence-electron chi connectivity index (χ3n) is 2.77. The van der Waals surface area contributed by atoms with Crippen molar-refractivity contribution in [1.82, 2.24) is 0 Å². The molecule has 19 heavy (non-hydrogen) atoms. The van der Waals surface area contributed by atoms with Crippen molar-refractivity contribution in [1.29, 1.82) is 0 Å². The molecule has 0 unspecified atom stereocenters. The standard InChI is InChI=1S/C15H13FO3/c1-18-14-7-6-11(9-13(14)16)10-4-3-5-12(8-10)15(17)19-2/h3-9H,1-2H3. The van der Waals surface area contributed by atoms with E-state index in [2.05, 4.69) is 4.74 Å². The number of carbonyl (C=O) groups is 1. The van der Waals surface area contributed by atoms with Crippen LogP contribution in [0.3, 0.4) is 0 Å². The van der Waals surface area contributed by atoms with E-state index in [-0.39, 0.29) is 5.75 Å². The van der Waals surface area contributed by atoms with E-state index in [4.69, 9.17) is 4.74 Å². The normalized spacial score (nSPS) is 10.1. The summed E-state index contributed by atoms with van der Waals surface area (Å²) < 4.78 is 23.2. The number of esters is 1. The molecule has 3 nitrogen and oxygen atoms in total. The zero-order valence-corrected chi connectivity index (χ0v) is 10.6. The van der Waals surface area contributed by atoms with Gasteiger partial charge in [0.15, 0.2) is 11.6 Å². The fourth-order valence-electron chi connectivity index (χ4n) is 1.79. The zero-order valence-electron chi connectivity index (χ0n) is 10.6. The molecular weight excluding hydrogens is 247 g/mol. The summed E-state index contributed by atoms with van der Waals surface area (Å²) in [5, 5.41) is 0. The fourth-order valence-corrected chi connectivity index (χ4v) is 1.79. The Labute approximate surface area is 110 Å². The Hall–Kier alpha value is -2.36. The smallest absolute Gasteiger partial charge is 0.337 e. The average molecular weight is 260 g/mol. The number of carbonyl (C=O) groups excluding carboxylic acids is 1. The van der Waals surface area contributed by atoms with Gasteiger partial charge in [0.05, 0.1) is 19.8 Å². The number of ether oxygens (including phenoxy) is 2. The minimum Gasteiger partial charge on any atom is -0.494 e. The zero-order chi connectivity index (χ0) is 13.8.